The molecule has 180 valence electrons. The second-order valence-corrected chi connectivity index (χ2v) is 9.26. The lowest BCUT2D eigenvalue weighted by Gasteiger charge is -2.17. The monoisotopic (exact) mass is 461 g/mol. The Bertz CT molecular complexity index is 1220. The van der Waals surface area contributed by atoms with E-state index in [1.807, 2.05) is 0 Å². The Kier molecular flexibility index (Phi) is 7.52. The molecule has 2 atom stereocenters. The molecule has 1 aliphatic carbocycles. The number of hydrogen-bond donors (Lipinski definition) is 0. The van der Waals surface area contributed by atoms with Crippen molar-refractivity contribution in [1.29, 1.82) is 0 Å². The number of rotatable bonds is 10. The first-order valence-corrected chi connectivity index (χ1v) is 12.5. The maximum atomic E-state index is 13.5. The second-order valence-electron chi connectivity index (χ2n) is 9.26. The van der Waals surface area contributed by atoms with E-state index in [4.69, 9.17) is 9.15 Å². The number of aryl methyl sites for hydroxylation is 1. The van der Waals surface area contributed by atoms with E-state index in [1.165, 1.54) is 11.1 Å². The molecule has 3 aromatic rings. The molecule has 1 aromatic heterocycles. The topological polar surface area (TPSA) is 59.8 Å². The van der Waals surface area contributed by atoms with Gasteiger partial charge in [0, 0.05) is 18.0 Å². The summed E-state index contributed by atoms with van der Waals surface area (Å²) in [6, 6.07) is 13.6. The molecule has 0 saturated heterocycles. The van der Waals surface area contributed by atoms with Crippen molar-refractivity contribution in [2.45, 2.75) is 58.8 Å². The zero-order valence-corrected chi connectivity index (χ0v) is 20.7. The Morgan fingerprint density at radius 1 is 1.09 bits per heavy atom. The number of hydrogen-bond acceptors (Lipinski definition) is 5. The largest absolute Gasteiger partial charge is 0.461 e. The standard InChI is InChI=1S/C29H35NO4/c1-5-9-22-27(31)25-17-21(29(32)33-15-14-30(6-2)7-3)12-13-26(25)34-28(22)24-18-23(24)20-11-8-10-19(4)16-20/h8,10-13,16-17,23-24H,5-7,9,14-15,18H2,1-4H3. The van der Waals surface area contributed by atoms with Crippen molar-refractivity contribution < 1.29 is 13.9 Å². The zero-order valence-electron chi connectivity index (χ0n) is 20.7. The third-order valence-electron chi connectivity index (χ3n) is 6.88. The van der Waals surface area contributed by atoms with Crippen molar-refractivity contribution in [1.82, 2.24) is 4.90 Å². The van der Waals surface area contributed by atoms with Crippen LogP contribution in [-0.4, -0.2) is 37.1 Å². The normalized spacial score (nSPS) is 17.3. The molecule has 0 amide bonds. The van der Waals surface area contributed by atoms with Crippen molar-refractivity contribution in [3.63, 3.8) is 0 Å². The van der Waals surface area contributed by atoms with Crippen LogP contribution in [0.15, 0.2) is 51.7 Å². The van der Waals surface area contributed by atoms with Crippen LogP contribution in [0.1, 0.15) is 78.3 Å². The van der Waals surface area contributed by atoms with Gasteiger partial charge in [0.1, 0.15) is 18.0 Å². The molecule has 1 heterocycles. The molecule has 0 aliphatic heterocycles. The summed E-state index contributed by atoms with van der Waals surface area (Å²) in [4.78, 5) is 28.3. The van der Waals surface area contributed by atoms with Crippen LogP contribution in [0.3, 0.4) is 0 Å². The SMILES string of the molecule is CCCc1c(C2CC2c2cccc(C)c2)oc2ccc(C(=O)OCCN(CC)CC)cc2c1=O. The van der Waals surface area contributed by atoms with Crippen molar-refractivity contribution in [2.75, 3.05) is 26.2 Å². The van der Waals surface area contributed by atoms with Crippen LogP contribution in [0.4, 0.5) is 0 Å². The lowest BCUT2D eigenvalue weighted by molar-refractivity contribution is 0.0466. The van der Waals surface area contributed by atoms with Gasteiger partial charge >= 0.3 is 5.97 Å². The van der Waals surface area contributed by atoms with E-state index >= 15 is 0 Å². The highest BCUT2D eigenvalue weighted by atomic mass is 16.5. The molecule has 0 spiro atoms. The number of esters is 1. The Hall–Kier alpha value is -2.92. The first-order valence-electron chi connectivity index (χ1n) is 12.5. The van der Waals surface area contributed by atoms with Crippen LogP contribution in [-0.2, 0) is 11.2 Å². The molecule has 5 heteroatoms. The minimum absolute atomic E-state index is 0.0224. The van der Waals surface area contributed by atoms with Gasteiger partial charge in [0.15, 0.2) is 5.43 Å². The number of benzene rings is 2. The average molecular weight is 462 g/mol. The third-order valence-corrected chi connectivity index (χ3v) is 6.88. The molecule has 1 fully saturated rings. The highest BCUT2D eigenvalue weighted by Gasteiger charge is 2.43. The fourth-order valence-corrected chi connectivity index (χ4v) is 4.81. The fraction of sp³-hybridized carbons (Fsp3) is 0.448. The fourth-order valence-electron chi connectivity index (χ4n) is 4.81. The molecule has 5 nitrogen and oxygen atoms in total. The number of fused-ring (bicyclic) bond motifs is 1. The van der Waals surface area contributed by atoms with Gasteiger partial charge in [-0.2, -0.15) is 0 Å². The van der Waals surface area contributed by atoms with Crippen LogP contribution in [0.5, 0.6) is 0 Å². The number of carbonyl (C=O) groups is 1. The van der Waals surface area contributed by atoms with Crippen molar-refractivity contribution in [3.05, 3.63) is 80.7 Å². The lowest BCUT2D eigenvalue weighted by atomic mass is 10.00. The van der Waals surface area contributed by atoms with E-state index in [1.54, 1.807) is 18.2 Å². The molecule has 1 aliphatic rings. The third kappa shape index (κ3) is 5.10. The Morgan fingerprint density at radius 2 is 1.88 bits per heavy atom. The number of carbonyl (C=O) groups excluding carboxylic acids is 1. The van der Waals surface area contributed by atoms with Gasteiger partial charge in [-0.05, 0) is 62.5 Å². The predicted octanol–water partition coefficient (Wildman–Crippen LogP) is 5.82. The number of likely N-dealkylation sites (N-methyl/N-ethyl adjacent to an activating group) is 1. The second kappa shape index (κ2) is 10.6. The first-order chi connectivity index (χ1) is 16.5. The minimum Gasteiger partial charge on any atom is -0.461 e. The quantitative estimate of drug-likeness (QED) is 0.356. The van der Waals surface area contributed by atoms with Gasteiger partial charge in [0.2, 0.25) is 0 Å². The molecule has 2 unspecified atom stereocenters. The summed E-state index contributed by atoms with van der Waals surface area (Å²) >= 11 is 0. The maximum Gasteiger partial charge on any atom is 0.338 e. The number of ether oxygens (including phenoxy) is 1. The smallest absolute Gasteiger partial charge is 0.338 e. The molecular formula is C29H35NO4. The van der Waals surface area contributed by atoms with Crippen LogP contribution in [0, 0.1) is 6.92 Å². The summed E-state index contributed by atoms with van der Waals surface area (Å²) in [7, 11) is 0. The summed E-state index contributed by atoms with van der Waals surface area (Å²) < 4.78 is 11.8. The van der Waals surface area contributed by atoms with Gasteiger partial charge in [-0.1, -0.05) is 57.0 Å². The van der Waals surface area contributed by atoms with Gasteiger partial charge in [-0.3, -0.25) is 4.79 Å². The Labute approximate surface area is 201 Å². The zero-order chi connectivity index (χ0) is 24.2. The van der Waals surface area contributed by atoms with E-state index < -0.39 is 5.97 Å². The summed E-state index contributed by atoms with van der Waals surface area (Å²) in [5, 5.41) is 0.457. The van der Waals surface area contributed by atoms with Gasteiger partial charge < -0.3 is 14.1 Å². The van der Waals surface area contributed by atoms with Crippen LogP contribution in [0.2, 0.25) is 0 Å². The average Bonchev–Trinajstić information content (AvgIpc) is 3.64. The van der Waals surface area contributed by atoms with Crippen LogP contribution in [0.25, 0.3) is 11.0 Å². The summed E-state index contributed by atoms with van der Waals surface area (Å²) in [5.74, 6) is 1.03. The predicted molar refractivity (Wildman–Crippen MR) is 136 cm³/mol. The van der Waals surface area contributed by atoms with E-state index in [0.717, 1.165) is 37.3 Å². The highest BCUT2D eigenvalue weighted by Crippen LogP contribution is 2.55. The summed E-state index contributed by atoms with van der Waals surface area (Å²) in [5.41, 5.74) is 4.20. The highest BCUT2D eigenvalue weighted by molar-refractivity contribution is 5.94. The summed E-state index contributed by atoms with van der Waals surface area (Å²) in [6.45, 7) is 11.2. The van der Waals surface area contributed by atoms with Crippen LogP contribution < -0.4 is 5.43 Å². The molecule has 34 heavy (non-hydrogen) atoms. The van der Waals surface area contributed by atoms with Crippen LogP contribution >= 0.6 is 0 Å². The Morgan fingerprint density at radius 3 is 2.59 bits per heavy atom. The number of nitrogens with zero attached hydrogens (tertiary/aromatic N) is 1. The van der Waals surface area contributed by atoms with E-state index in [-0.39, 0.29) is 11.3 Å². The Balaban J connectivity index is 1.60. The first kappa shape index (κ1) is 24.2. The molecule has 1 saturated carbocycles. The van der Waals surface area contributed by atoms with Crippen molar-refractivity contribution >= 4 is 16.9 Å². The summed E-state index contributed by atoms with van der Waals surface area (Å²) in [6.07, 6.45) is 2.52. The van der Waals surface area contributed by atoms with Gasteiger partial charge in [0.05, 0.1) is 10.9 Å². The van der Waals surface area contributed by atoms with E-state index in [2.05, 4.69) is 56.9 Å². The van der Waals surface area contributed by atoms with Gasteiger partial charge in [0.25, 0.3) is 0 Å². The molecule has 0 N–H and O–H groups in total. The molecule has 0 radical (unpaired) electrons. The molecule has 2 aromatic carbocycles. The van der Waals surface area contributed by atoms with Gasteiger partial charge in [-0.25, -0.2) is 4.79 Å². The molecule has 4 rings (SSSR count). The maximum absolute atomic E-state index is 13.5. The lowest BCUT2D eigenvalue weighted by Crippen LogP contribution is -2.27. The van der Waals surface area contributed by atoms with Crippen molar-refractivity contribution in [2.24, 2.45) is 0 Å². The van der Waals surface area contributed by atoms with E-state index in [9.17, 15) is 9.59 Å². The van der Waals surface area contributed by atoms with Crippen molar-refractivity contribution in [3.8, 4) is 0 Å². The molecular weight excluding hydrogens is 426 g/mol. The van der Waals surface area contributed by atoms with E-state index in [0.29, 0.717) is 42.0 Å². The molecule has 0 bridgehead atoms. The minimum atomic E-state index is -0.406. The van der Waals surface area contributed by atoms with Gasteiger partial charge in [-0.15, -0.1) is 0 Å².